The van der Waals surface area contributed by atoms with E-state index in [-0.39, 0.29) is 23.1 Å². The molecular formula is C26H31F2N7O3. The molecule has 0 aliphatic carbocycles. The Bertz CT molecular complexity index is 1450. The average Bonchev–Trinajstić information content (AvgIpc) is 2.89. The van der Waals surface area contributed by atoms with Gasteiger partial charge in [-0.05, 0) is 27.0 Å². The summed E-state index contributed by atoms with van der Waals surface area (Å²) in [5, 5.41) is 9.07. The fourth-order valence-electron chi connectivity index (χ4n) is 5.17. The van der Waals surface area contributed by atoms with Crippen LogP contribution < -0.4 is 20.1 Å². The number of fused-ring (bicyclic) bond motifs is 1. The molecule has 1 N–H and O–H groups in total. The van der Waals surface area contributed by atoms with Crippen LogP contribution in [-0.4, -0.2) is 89.9 Å². The molecule has 2 aliphatic rings. The summed E-state index contributed by atoms with van der Waals surface area (Å²) in [7, 11) is 2.09. The first kappa shape index (κ1) is 25.8. The van der Waals surface area contributed by atoms with E-state index < -0.39 is 28.6 Å². The summed E-state index contributed by atoms with van der Waals surface area (Å²) in [4.78, 5) is 41.7. The van der Waals surface area contributed by atoms with Crippen LogP contribution in [0.4, 0.5) is 26.2 Å². The molecule has 4 heterocycles. The third-order valence-corrected chi connectivity index (χ3v) is 7.34. The summed E-state index contributed by atoms with van der Waals surface area (Å²) in [6, 6.07) is 2.88. The predicted molar refractivity (Wildman–Crippen MR) is 142 cm³/mol. The average molecular weight is 528 g/mol. The van der Waals surface area contributed by atoms with Crippen LogP contribution in [0.5, 0.6) is 0 Å². The number of pyridine rings is 1. The molecule has 38 heavy (non-hydrogen) atoms. The SMILES string of the molecule is CCn1cc(C(=O)O)c(=O)c2cc(F)c(N3CCN(c4cc(C)nc(N5CCN(C)CC5)n4)CC3)c(F)c21. The van der Waals surface area contributed by atoms with Crippen molar-refractivity contribution >= 4 is 34.3 Å². The van der Waals surface area contributed by atoms with Gasteiger partial charge < -0.3 is 29.3 Å². The molecule has 0 spiro atoms. The van der Waals surface area contributed by atoms with Gasteiger partial charge in [-0.2, -0.15) is 4.98 Å². The van der Waals surface area contributed by atoms with E-state index in [2.05, 4.69) is 26.7 Å². The van der Waals surface area contributed by atoms with Gasteiger partial charge >= 0.3 is 5.97 Å². The molecule has 0 amide bonds. The van der Waals surface area contributed by atoms with E-state index in [1.165, 1.54) is 4.57 Å². The molecule has 0 saturated carbocycles. The molecule has 5 rings (SSSR count). The van der Waals surface area contributed by atoms with Gasteiger partial charge in [-0.15, -0.1) is 0 Å². The maximum absolute atomic E-state index is 15.8. The Kier molecular flexibility index (Phi) is 6.91. The molecule has 3 aromatic rings. The first-order valence-corrected chi connectivity index (χ1v) is 12.8. The van der Waals surface area contributed by atoms with Gasteiger partial charge in [0, 0.05) is 76.9 Å². The fraction of sp³-hybridized carbons (Fsp3) is 0.462. The number of nitrogens with zero attached hydrogens (tertiary/aromatic N) is 7. The summed E-state index contributed by atoms with van der Waals surface area (Å²) in [5.41, 5.74) is -0.864. The number of rotatable bonds is 5. The molecule has 0 unspecified atom stereocenters. The van der Waals surface area contributed by atoms with Gasteiger partial charge in [0.15, 0.2) is 5.82 Å². The van der Waals surface area contributed by atoms with Crippen molar-refractivity contribution in [3.63, 3.8) is 0 Å². The van der Waals surface area contributed by atoms with Gasteiger partial charge in [0.25, 0.3) is 0 Å². The van der Waals surface area contributed by atoms with Crippen molar-refractivity contribution in [2.75, 3.05) is 74.1 Å². The highest BCUT2D eigenvalue weighted by Gasteiger charge is 2.28. The molecule has 2 aromatic heterocycles. The third kappa shape index (κ3) is 4.64. The Balaban J connectivity index is 1.41. The van der Waals surface area contributed by atoms with Gasteiger partial charge in [-0.3, -0.25) is 4.79 Å². The predicted octanol–water partition coefficient (Wildman–Crippen LogP) is 2.17. The molecule has 202 valence electrons. The molecule has 2 saturated heterocycles. The first-order chi connectivity index (χ1) is 18.2. The van der Waals surface area contributed by atoms with Crippen LogP contribution in [0.25, 0.3) is 10.9 Å². The largest absolute Gasteiger partial charge is 0.477 e. The van der Waals surface area contributed by atoms with Gasteiger partial charge in [0.1, 0.15) is 22.9 Å². The molecule has 0 radical (unpaired) electrons. The van der Waals surface area contributed by atoms with Crippen LogP contribution in [0.15, 0.2) is 23.1 Å². The summed E-state index contributed by atoms with van der Waals surface area (Å²) in [6.45, 7) is 9.12. The Hall–Kier alpha value is -3.80. The van der Waals surface area contributed by atoms with Crippen molar-refractivity contribution in [1.82, 2.24) is 19.4 Å². The molecule has 1 aromatic carbocycles. The van der Waals surface area contributed by atoms with E-state index in [9.17, 15) is 14.7 Å². The van der Waals surface area contributed by atoms with Crippen LogP contribution in [-0.2, 0) is 6.54 Å². The van der Waals surface area contributed by atoms with Crippen LogP contribution in [0.3, 0.4) is 0 Å². The van der Waals surface area contributed by atoms with Crippen molar-refractivity contribution in [3.05, 3.63) is 51.4 Å². The standard InChI is InChI=1S/C26H31F2N7O3/c1-4-32-15-18(25(37)38)24(36)17-14-19(27)23(21(28)22(17)32)34-11-9-33(10-12-34)20-13-16(2)29-26(30-20)35-7-5-31(3)6-8-35/h13-15H,4-12H2,1-3H3,(H,37,38). The van der Waals surface area contributed by atoms with Crippen molar-refractivity contribution in [2.24, 2.45) is 0 Å². The van der Waals surface area contributed by atoms with E-state index in [4.69, 9.17) is 4.98 Å². The Morgan fingerprint density at radius 1 is 0.974 bits per heavy atom. The second-order valence-electron chi connectivity index (χ2n) is 9.81. The van der Waals surface area contributed by atoms with Gasteiger partial charge in [-0.25, -0.2) is 18.6 Å². The normalized spacial score (nSPS) is 16.9. The monoisotopic (exact) mass is 527 g/mol. The van der Waals surface area contributed by atoms with Crippen LogP contribution in [0.1, 0.15) is 23.0 Å². The number of benzene rings is 1. The minimum atomic E-state index is -1.43. The van der Waals surface area contributed by atoms with E-state index >= 15 is 8.78 Å². The van der Waals surface area contributed by atoms with Gasteiger partial charge in [-0.1, -0.05) is 0 Å². The number of hydrogen-bond acceptors (Lipinski definition) is 8. The number of anilines is 3. The number of aromatic carboxylic acids is 1. The molecule has 2 aliphatic heterocycles. The summed E-state index contributed by atoms with van der Waals surface area (Å²) in [5.74, 6) is -1.71. The maximum Gasteiger partial charge on any atom is 0.341 e. The van der Waals surface area contributed by atoms with Crippen molar-refractivity contribution < 1.29 is 18.7 Å². The van der Waals surface area contributed by atoms with Crippen molar-refractivity contribution in [2.45, 2.75) is 20.4 Å². The summed E-state index contributed by atoms with van der Waals surface area (Å²) >= 11 is 0. The first-order valence-electron chi connectivity index (χ1n) is 12.8. The molecule has 2 fully saturated rings. The third-order valence-electron chi connectivity index (χ3n) is 7.34. The Labute approximate surface area is 218 Å². The Morgan fingerprint density at radius 3 is 2.24 bits per heavy atom. The minimum absolute atomic E-state index is 0.0930. The molecule has 0 bridgehead atoms. The lowest BCUT2D eigenvalue weighted by Gasteiger charge is -2.38. The van der Waals surface area contributed by atoms with E-state index in [0.717, 1.165) is 50.0 Å². The quantitative estimate of drug-likeness (QED) is 0.535. The number of hydrogen-bond donors (Lipinski definition) is 1. The molecule has 0 atom stereocenters. The summed E-state index contributed by atoms with van der Waals surface area (Å²) in [6.07, 6.45) is 1.12. The minimum Gasteiger partial charge on any atom is -0.477 e. The molecular weight excluding hydrogens is 496 g/mol. The van der Waals surface area contributed by atoms with E-state index in [0.29, 0.717) is 32.1 Å². The lowest BCUT2D eigenvalue weighted by molar-refractivity contribution is 0.0694. The van der Waals surface area contributed by atoms with E-state index in [1.807, 2.05) is 13.0 Å². The van der Waals surface area contributed by atoms with Crippen LogP contribution in [0, 0.1) is 18.6 Å². The second kappa shape index (κ2) is 10.2. The summed E-state index contributed by atoms with van der Waals surface area (Å²) < 4.78 is 32.4. The van der Waals surface area contributed by atoms with Crippen LogP contribution in [0.2, 0.25) is 0 Å². The van der Waals surface area contributed by atoms with Crippen LogP contribution >= 0.6 is 0 Å². The zero-order valence-corrected chi connectivity index (χ0v) is 21.7. The lowest BCUT2D eigenvalue weighted by atomic mass is 10.1. The fourth-order valence-corrected chi connectivity index (χ4v) is 5.17. The zero-order valence-electron chi connectivity index (χ0n) is 21.7. The number of carbonyl (C=O) groups is 1. The molecule has 12 heteroatoms. The van der Waals surface area contributed by atoms with Gasteiger partial charge in [0.05, 0.1) is 10.9 Å². The highest BCUT2D eigenvalue weighted by atomic mass is 19.1. The van der Waals surface area contributed by atoms with Gasteiger partial charge in [0.2, 0.25) is 11.4 Å². The lowest BCUT2D eigenvalue weighted by Crippen LogP contribution is -2.48. The number of likely N-dealkylation sites (N-methyl/N-ethyl adjacent to an activating group) is 1. The topological polar surface area (TPSA) is 98.0 Å². The number of carboxylic acid groups (broad SMARTS) is 1. The Morgan fingerprint density at radius 2 is 1.61 bits per heavy atom. The number of aryl methyl sites for hydroxylation is 2. The van der Waals surface area contributed by atoms with E-state index in [1.54, 1.807) is 11.8 Å². The highest BCUT2D eigenvalue weighted by Crippen LogP contribution is 2.31. The van der Waals surface area contributed by atoms with Crippen molar-refractivity contribution in [1.29, 1.82) is 0 Å². The number of aromatic nitrogens is 3. The highest BCUT2D eigenvalue weighted by molar-refractivity contribution is 5.93. The maximum atomic E-state index is 15.8. The van der Waals surface area contributed by atoms with Crippen molar-refractivity contribution in [3.8, 4) is 0 Å². The number of carboxylic acids is 1. The number of piperazine rings is 2. The smallest absolute Gasteiger partial charge is 0.341 e. The number of halogens is 2. The zero-order chi connectivity index (χ0) is 27.1. The second-order valence-corrected chi connectivity index (χ2v) is 9.81. The molecule has 10 nitrogen and oxygen atoms in total.